The van der Waals surface area contributed by atoms with Crippen molar-refractivity contribution in [2.24, 2.45) is 5.90 Å². The molecule has 0 atom stereocenters. The summed E-state index contributed by atoms with van der Waals surface area (Å²) in [5, 5.41) is 13.0. The Bertz CT molecular complexity index is 773. The maximum absolute atomic E-state index is 10.0. The Labute approximate surface area is 114 Å². The van der Waals surface area contributed by atoms with Crippen LogP contribution < -0.4 is 14.9 Å². The van der Waals surface area contributed by atoms with E-state index < -0.39 is 0 Å². The smallest absolute Gasteiger partial charge is 0.169 e. The van der Waals surface area contributed by atoms with Crippen LogP contribution in [0.2, 0.25) is 0 Å². The minimum atomic E-state index is 0.105. The van der Waals surface area contributed by atoms with Crippen molar-refractivity contribution < 1.29 is 14.1 Å². The molecule has 0 unspecified atom stereocenters. The molecule has 3 N–H and O–H groups in total. The van der Waals surface area contributed by atoms with Gasteiger partial charge in [-0.1, -0.05) is 24.3 Å². The molecule has 19 heavy (non-hydrogen) atoms. The summed E-state index contributed by atoms with van der Waals surface area (Å²) in [5.41, 5.74) is 0. The van der Waals surface area contributed by atoms with Crippen LogP contribution in [0.25, 0.3) is 21.5 Å². The Balaban J connectivity index is 2.59. The van der Waals surface area contributed by atoms with Crippen molar-refractivity contribution in [3.63, 3.8) is 0 Å². The molecule has 0 fully saturated rings. The molecule has 0 aliphatic heterocycles. The molecule has 3 aromatic rings. The van der Waals surface area contributed by atoms with Crippen molar-refractivity contribution in [2.75, 3.05) is 0 Å². The lowest BCUT2D eigenvalue weighted by atomic mass is 10.0. The van der Waals surface area contributed by atoms with Gasteiger partial charge < -0.3 is 14.1 Å². The molecular formula is C14H11NO3S. The van der Waals surface area contributed by atoms with Gasteiger partial charge in [0.1, 0.15) is 11.5 Å². The van der Waals surface area contributed by atoms with Gasteiger partial charge in [0.15, 0.2) is 5.75 Å². The van der Waals surface area contributed by atoms with Gasteiger partial charge in [-0.05, 0) is 29.0 Å². The number of rotatable bonds is 2. The summed E-state index contributed by atoms with van der Waals surface area (Å²) in [4.78, 5) is 4.99. The first kappa shape index (κ1) is 12.0. The van der Waals surface area contributed by atoms with Gasteiger partial charge >= 0.3 is 0 Å². The summed E-state index contributed by atoms with van der Waals surface area (Å²) >= 11 is 3.83. The van der Waals surface area contributed by atoms with Crippen LogP contribution in [0.15, 0.2) is 42.5 Å². The maximum atomic E-state index is 10.0. The van der Waals surface area contributed by atoms with E-state index in [-0.39, 0.29) is 5.75 Å². The van der Waals surface area contributed by atoms with E-state index >= 15 is 0 Å². The number of hydrogen-bond donors (Lipinski definition) is 3. The Hall–Kier alpha value is -2.11. The minimum absolute atomic E-state index is 0.105. The first-order valence-electron chi connectivity index (χ1n) is 5.62. The molecule has 0 heterocycles. The zero-order valence-corrected chi connectivity index (χ0v) is 10.7. The van der Waals surface area contributed by atoms with Gasteiger partial charge in [0, 0.05) is 12.9 Å². The fraction of sp³-hybridized carbons (Fsp3) is 0. The molecule has 3 rings (SSSR count). The third-order valence-corrected chi connectivity index (χ3v) is 3.31. The second kappa shape index (κ2) is 4.53. The van der Waals surface area contributed by atoms with Gasteiger partial charge in [-0.15, -0.1) is 0 Å². The molecule has 0 aromatic heterocycles. The third kappa shape index (κ3) is 1.75. The van der Waals surface area contributed by atoms with E-state index in [0.29, 0.717) is 22.3 Å². The first-order valence-corrected chi connectivity index (χ1v) is 5.98. The first-order chi connectivity index (χ1) is 9.26. The number of phenolic OH excluding ortho intramolecular Hbond substituents is 1. The summed E-state index contributed by atoms with van der Waals surface area (Å²) < 4.78 is 5.04. The summed E-state index contributed by atoms with van der Waals surface area (Å²) in [7, 11) is 0. The summed E-state index contributed by atoms with van der Waals surface area (Å²) in [5.74, 6) is 6.38. The van der Waals surface area contributed by atoms with E-state index in [4.69, 9.17) is 14.9 Å². The van der Waals surface area contributed by atoms with Crippen LogP contribution >= 0.6 is 12.9 Å². The van der Waals surface area contributed by atoms with E-state index in [1.54, 1.807) is 18.2 Å². The van der Waals surface area contributed by atoms with Crippen molar-refractivity contribution in [1.29, 1.82) is 0 Å². The zero-order valence-electron chi connectivity index (χ0n) is 9.83. The maximum Gasteiger partial charge on any atom is 0.169 e. The highest BCUT2D eigenvalue weighted by Gasteiger charge is 2.15. The second-order valence-electron chi connectivity index (χ2n) is 4.14. The lowest BCUT2D eigenvalue weighted by Gasteiger charge is -2.12. The van der Waals surface area contributed by atoms with E-state index in [1.807, 2.05) is 24.3 Å². The molecule has 0 aliphatic carbocycles. The van der Waals surface area contributed by atoms with Gasteiger partial charge in [0.2, 0.25) is 0 Å². The number of fused-ring (bicyclic) bond motifs is 2. The highest BCUT2D eigenvalue weighted by atomic mass is 32.1. The molecule has 0 saturated carbocycles. The fourth-order valence-corrected chi connectivity index (χ4v) is 2.48. The van der Waals surface area contributed by atoms with Crippen LogP contribution in [0.3, 0.4) is 0 Å². The lowest BCUT2D eigenvalue weighted by Crippen LogP contribution is -2.03. The molecule has 0 amide bonds. The molecule has 3 aromatic carbocycles. The zero-order chi connectivity index (χ0) is 13.4. The van der Waals surface area contributed by atoms with Crippen LogP contribution in [-0.2, 0) is 0 Å². The molecule has 0 radical (unpaired) electrons. The molecule has 0 spiro atoms. The Kier molecular flexibility index (Phi) is 2.85. The van der Waals surface area contributed by atoms with E-state index in [2.05, 4.69) is 12.9 Å². The Morgan fingerprint density at radius 3 is 2.37 bits per heavy atom. The van der Waals surface area contributed by atoms with Crippen molar-refractivity contribution in [3.05, 3.63) is 42.5 Å². The van der Waals surface area contributed by atoms with Crippen molar-refractivity contribution in [1.82, 2.24) is 0 Å². The van der Waals surface area contributed by atoms with Gasteiger partial charge in [0.05, 0.1) is 10.8 Å². The van der Waals surface area contributed by atoms with E-state index in [9.17, 15) is 5.11 Å². The van der Waals surface area contributed by atoms with E-state index in [1.165, 1.54) is 0 Å². The highest BCUT2D eigenvalue weighted by Crippen LogP contribution is 2.43. The van der Waals surface area contributed by atoms with Gasteiger partial charge in [0.25, 0.3) is 0 Å². The van der Waals surface area contributed by atoms with Crippen molar-refractivity contribution in [3.8, 4) is 17.2 Å². The minimum Gasteiger partial charge on any atom is -0.507 e. The van der Waals surface area contributed by atoms with Crippen molar-refractivity contribution in [2.45, 2.75) is 0 Å². The SMILES string of the molecule is NOc1c2c(O)cccc2cc2cccc(OS)c12. The van der Waals surface area contributed by atoms with Crippen LogP contribution in [0.4, 0.5) is 0 Å². The van der Waals surface area contributed by atoms with Gasteiger partial charge in [-0.25, -0.2) is 0 Å². The number of phenols is 1. The number of thiol groups is 1. The molecule has 0 aliphatic rings. The third-order valence-electron chi connectivity index (χ3n) is 3.11. The van der Waals surface area contributed by atoms with Gasteiger partial charge in [-0.3, -0.25) is 0 Å². The topological polar surface area (TPSA) is 64.7 Å². The summed E-state index contributed by atoms with van der Waals surface area (Å²) in [6.45, 7) is 0. The normalized spacial score (nSPS) is 10.8. The van der Waals surface area contributed by atoms with Crippen LogP contribution in [-0.4, -0.2) is 5.11 Å². The van der Waals surface area contributed by atoms with Crippen LogP contribution in [0.1, 0.15) is 0 Å². The Morgan fingerprint density at radius 1 is 1.00 bits per heavy atom. The number of nitrogens with two attached hydrogens (primary N) is 1. The predicted molar refractivity (Wildman–Crippen MR) is 77.5 cm³/mol. The molecule has 4 nitrogen and oxygen atoms in total. The summed E-state index contributed by atoms with van der Waals surface area (Å²) in [6.07, 6.45) is 0. The monoisotopic (exact) mass is 273 g/mol. The molecule has 0 saturated heterocycles. The number of benzene rings is 3. The standard InChI is InChI=1S/C14H11NO3S/c15-17-14-12-8(3-1-5-10(12)16)7-9-4-2-6-11(18-19)13(9)14/h1-7,16,19H,15H2. The summed E-state index contributed by atoms with van der Waals surface area (Å²) in [6, 6.07) is 12.7. The molecule has 0 bridgehead atoms. The molecule has 5 heteroatoms. The number of aromatic hydroxyl groups is 1. The Morgan fingerprint density at radius 2 is 1.68 bits per heavy atom. The quantitative estimate of drug-likeness (QED) is 0.290. The number of hydrogen-bond acceptors (Lipinski definition) is 5. The highest BCUT2D eigenvalue weighted by molar-refractivity contribution is 7.75. The average molecular weight is 273 g/mol. The average Bonchev–Trinajstić information content (AvgIpc) is 2.44. The predicted octanol–water partition coefficient (Wildman–Crippen LogP) is 3.17. The van der Waals surface area contributed by atoms with Crippen molar-refractivity contribution >= 4 is 34.5 Å². The van der Waals surface area contributed by atoms with Gasteiger partial charge in [-0.2, -0.15) is 5.90 Å². The second-order valence-corrected chi connectivity index (χ2v) is 4.33. The van der Waals surface area contributed by atoms with Crippen LogP contribution in [0.5, 0.6) is 17.2 Å². The molecule has 96 valence electrons. The lowest BCUT2D eigenvalue weighted by molar-refractivity contribution is 0.341. The van der Waals surface area contributed by atoms with Crippen LogP contribution in [0, 0.1) is 0 Å². The van der Waals surface area contributed by atoms with E-state index in [0.717, 1.165) is 10.8 Å². The largest absolute Gasteiger partial charge is 0.507 e. The molecular weight excluding hydrogens is 262 g/mol. The fourth-order valence-electron chi connectivity index (χ4n) is 2.32.